The molecule has 5 nitrogen and oxygen atoms in total. The molecule has 4 aromatic rings. The highest BCUT2D eigenvalue weighted by Gasteiger charge is 2.11. The van der Waals surface area contributed by atoms with Crippen molar-refractivity contribution in [1.82, 2.24) is 4.98 Å². The number of nitrogens with zero attached hydrogens (tertiary/aromatic N) is 1. The monoisotopic (exact) mass is 431 g/mol. The molecule has 156 valence electrons. The number of halogens is 1. The molecule has 2 amide bonds. The molecule has 3 aromatic carbocycles. The molecule has 0 spiro atoms. The molecule has 0 fully saturated rings. The number of nitrogens with one attached hydrogen (secondary N) is 2. The molecule has 0 aliphatic rings. The van der Waals surface area contributed by atoms with Crippen LogP contribution in [0.1, 0.15) is 11.1 Å². The van der Waals surface area contributed by atoms with Gasteiger partial charge >= 0.3 is 6.03 Å². The molecule has 0 atom stereocenters. The fourth-order valence-corrected chi connectivity index (χ4v) is 3.68. The van der Waals surface area contributed by atoms with Gasteiger partial charge in [0.2, 0.25) is 0 Å². The van der Waals surface area contributed by atoms with Crippen LogP contribution in [0.25, 0.3) is 22.2 Å². The fraction of sp³-hybridized carbons (Fsp3) is 0.120. The number of benzene rings is 3. The van der Waals surface area contributed by atoms with E-state index in [1.165, 1.54) is 0 Å². The second-order valence-electron chi connectivity index (χ2n) is 7.40. The normalized spacial score (nSPS) is 10.7. The van der Waals surface area contributed by atoms with E-state index in [-0.39, 0.29) is 6.03 Å². The van der Waals surface area contributed by atoms with Crippen molar-refractivity contribution in [2.75, 3.05) is 17.7 Å². The van der Waals surface area contributed by atoms with E-state index in [9.17, 15) is 4.79 Å². The van der Waals surface area contributed by atoms with E-state index in [0.29, 0.717) is 16.5 Å². The summed E-state index contributed by atoms with van der Waals surface area (Å²) in [6.07, 6.45) is 0. The fourth-order valence-electron chi connectivity index (χ4n) is 3.55. The average Bonchev–Trinajstić information content (AvgIpc) is 2.72. The predicted molar refractivity (Wildman–Crippen MR) is 127 cm³/mol. The molecule has 0 unspecified atom stereocenters. The van der Waals surface area contributed by atoms with Gasteiger partial charge in [-0.05, 0) is 67.4 Å². The molecule has 0 aliphatic carbocycles. The molecule has 0 aliphatic heterocycles. The number of hydrogen-bond donors (Lipinski definition) is 2. The first kappa shape index (κ1) is 20.7. The van der Waals surface area contributed by atoms with Crippen LogP contribution in [-0.4, -0.2) is 18.1 Å². The smallest absolute Gasteiger partial charge is 0.323 e. The molecule has 0 saturated carbocycles. The number of carbonyl (C=O) groups is 1. The summed E-state index contributed by atoms with van der Waals surface area (Å²) in [4.78, 5) is 17.2. The first-order chi connectivity index (χ1) is 14.9. The minimum Gasteiger partial charge on any atom is -0.496 e. The van der Waals surface area contributed by atoms with Crippen molar-refractivity contribution in [3.05, 3.63) is 82.9 Å². The molecular weight excluding hydrogens is 410 g/mol. The second-order valence-corrected chi connectivity index (χ2v) is 7.84. The van der Waals surface area contributed by atoms with Crippen molar-refractivity contribution < 1.29 is 9.53 Å². The Labute approximate surface area is 186 Å². The number of urea groups is 1. The van der Waals surface area contributed by atoms with Gasteiger partial charge in [-0.3, -0.25) is 0 Å². The topological polar surface area (TPSA) is 63.2 Å². The zero-order valence-electron chi connectivity index (χ0n) is 17.5. The molecule has 6 heteroatoms. The Bertz CT molecular complexity index is 1250. The highest BCUT2D eigenvalue weighted by atomic mass is 35.5. The number of amides is 2. The molecule has 1 aromatic heterocycles. The van der Waals surface area contributed by atoms with E-state index in [1.54, 1.807) is 7.11 Å². The maximum atomic E-state index is 12.5. The minimum atomic E-state index is -0.311. The van der Waals surface area contributed by atoms with Crippen molar-refractivity contribution in [3.8, 4) is 17.0 Å². The second kappa shape index (κ2) is 8.66. The number of aryl methyl sites for hydroxylation is 2. The van der Waals surface area contributed by atoms with E-state index in [0.717, 1.165) is 39.0 Å². The Morgan fingerprint density at radius 2 is 1.55 bits per heavy atom. The lowest BCUT2D eigenvalue weighted by Gasteiger charge is -2.12. The largest absolute Gasteiger partial charge is 0.496 e. The van der Waals surface area contributed by atoms with Gasteiger partial charge < -0.3 is 15.4 Å². The third-order valence-corrected chi connectivity index (χ3v) is 5.12. The van der Waals surface area contributed by atoms with Crippen LogP contribution >= 0.6 is 11.6 Å². The van der Waals surface area contributed by atoms with Crippen molar-refractivity contribution in [2.24, 2.45) is 0 Å². The number of pyridine rings is 1. The number of aromatic nitrogens is 1. The van der Waals surface area contributed by atoms with E-state index in [4.69, 9.17) is 21.3 Å². The number of hydrogen-bond acceptors (Lipinski definition) is 3. The van der Waals surface area contributed by atoms with Crippen LogP contribution in [-0.2, 0) is 0 Å². The summed E-state index contributed by atoms with van der Waals surface area (Å²) in [6.45, 7) is 3.99. The molecule has 4 rings (SSSR count). The number of ether oxygens (including phenoxy) is 1. The van der Waals surface area contributed by atoms with Crippen LogP contribution in [0.5, 0.6) is 5.75 Å². The number of anilines is 2. The molecule has 31 heavy (non-hydrogen) atoms. The van der Waals surface area contributed by atoms with Crippen LogP contribution in [0.15, 0.2) is 66.7 Å². The number of methoxy groups -OCH3 is 1. The van der Waals surface area contributed by atoms with Crippen LogP contribution in [0, 0.1) is 13.8 Å². The summed E-state index contributed by atoms with van der Waals surface area (Å²) in [6, 6.07) is 20.5. The van der Waals surface area contributed by atoms with Crippen LogP contribution in [0.4, 0.5) is 16.2 Å². The highest BCUT2D eigenvalue weighted by Crippen LogP contribution is 2.32. The van der Waals surface area contributed by atoms with Crippen LogP contribution < -0.4 is 15.4 Å². The van der Waals surface area contributed by atoms with E-state index < -0.39 is 0 Å². The van der Waals surface area contributed by atoms with Gasteiger partial charge in [-0.15, -0.1) is 0 Å². The van der Waals surface area contributed by atoms with Gasteiger partial charge in [0.15, 0.2) is 0 Å². The summed E-state index contributed by atoms with van der Waals surface area (Å²) in [7, 11) is 1.62. The zero-order valence-corrected chi connectivity index (χ0v) is 18.2. The Kier molecular flexibility index (Phi) is 5.78. The number of rotatable bonds is 4. The summed E-state index contributed by atoms with van der Waals surface area (Å²) in [5.41, 5.74) is 6.08. The van der Waals surface area contributed by atoms with Crippen LogP contribution in [0.2, 0.25) is 5.02 Å². The summed E-state index contributed by atoms with van der Waals surface area (Å²) >= 11 is 5.99. The Hall–Kier alpha value is -3.57. The predicted octanol–water partition coefficient (Wildman–Crippen LogP) is 6.82. The Morgan fingerprint density at radius 1 is 0.871 bits per heavy atom. The average molecular weight is 432 g/mol. The summed E-state index contributed by atoms with van der Waals surface area (Å²) in [5, 5.41) is 7.24. The Balaban J connectivity index is 1.60. The lowest BCUT2D eigenvalue weighted by atomic mass is 10.1. The van der Waals surface area contributed by atoms with Crippen molar-refractivity contribution in [1.29, 1.82) is 0 Å². The Morgan fingerprint density at radius 3 is 2.23 bits per heavy atom. The quantitative estimate of drug-likeness (QED) is 0.372. The van der Waals surface area contributed by atoms with E-state index >= 15 is 0 Å². The van der Waals surface area contributed by atoms with E-state index in [2.05, 4.69) is 16.7 Å². The lowest BCUT2D eigenvalue weighted by molar-refractivity contribution is 0.262. The molecular formula is C25H22ClN3O2. The molecule has 0 radical (unpaired) electrons. The van der Waals surface area contributed by atoms with Crippen LogP contribution in [0.3, 0.4) is 0 Å². The standard InChI is InChI=1S/C25H22ClN3O2/c1-15-10-16(2)12-20(11-15)28-25(30)27-19-8-9-22-21(13-19)24(31-3)14-23(29-22)17-4-6-18(26)7-5-17/h4-14H,1-3H3,(H2,27,28,30). The van der Waals surface area contributed by atoms with Gasteiger partial charge in [0.25, 0.3) is 0 Å². The zero-order chi connectivity index (χ0) is 22.0. The SMILES string of the molecule is COc1cc(-c2ccc(Cl)cc2)nc2ccc(NC(=O)Nc3cc(C)cc(C)c3)cc12. The van der Waals surface area contributed by atoms with Gasteiger partial charge in [0.1, 0.15) is 5.75 Å². The first-order valence-corrected chi connectivity index (χ1v) is 10.2. The van der Waals surface area contributed by atoms with Gasteiger partial charge in [-0.1, -0.05) is 29.8 Å². The van der Waals surface area contributed by atoms with Crippen molar-refractivity contribution >= 4 is 39.9 Å². The van der Waals surface area contributed by atoms with Gasteiger partial charge in [-0.25, -0.2) is 9.78 Å². The third kappa shape index (κ3) is 4.78. The maximum absolute atomic E-state index is 12.5. The van der Waals surface area contributed by atoms with Gasteiger partial charge in [0.05, 0.1) is 18.3 Å². The summed E-state index contributed by atoms with van der Waals surface area (Å²) < 4.78 is 5.60. The van der Waals surface area contributed by atoms with Crippen molar-refractivity contribution in [3.63, 3.8) is 0 Å². The molecule has 0 bridgehead atoms. The lowest BCUT2D eigenvalue weighted by Crippen LogP contribution is -2.19. The van der Waals surface area contributed by atoms with Gasteiger partial charge in [0, 0.05) is 33.4 Å². The molecule has 2 N–H and O–H groups in total. The first-order valence-electron chi connectivity index (χ1n) is 9.82. The minimum absolute atomic E-state index is 0.311. The summed E-state index contributed by atoms with van der Waals surface area (Å²) in [5.74, 6) is 0.674. The number of fused-ring (bicyclic) bond motifs is 1. The molecule has 0 saturated heterocycles. The number of carbonyl (C=O) groups excluding carboxylic acids is 1. The van der Waals surface area contributed by atoms with E-state index in [1.807, 2.05) is 74.5 Å². The highest BCUT2D eigenvalue weighted by molar-refractivity contribution is 6.30. The molecule has 1 heterocycles. The maximum Gasteiger partial charge on any atom is 0.323 e. The van der Waals surface area contributed by atoms with Crippen molar-refractivity contribution in [2.45, 2.75) is 13.8 Å². The third-order valence-electron chi connectivity index (χ3n) is 4.87. The van der Waals surface area contributed by atoms with Gasteiger partial charge in [-0.2, -0.15) is 0 Å².